The Morgan fingerprint density at radius 1 is 1.11 bits per heavy atom. The second-order valence-electron chi connectivity index (χ2n) is 7.99. The highest BCUT2D eigenvalue weighted by Crippen LogP contribution is 2.41. The van der Waals surface area contributed by atoms with Crippen LogP contribution in [0.1, 0.15) is 24.1 Å². The number of thioether (sulfide) groups is 1. The number of nitrogens with one attached hydrogen (secondary N) is 1. The number of para-hydroxylation sites is 1. The van der Waals surface area contributed by atoms with Gasteiger partial charge in [-0.3, -0.25) is 14.5 Å². The molecule has 1 heterocycles. The van der Waals surface area contributed by atoms with Gasteiger partial charge in [0.1, 0.15) is 4.32 Å². The minimum Gasteiger partial charge on any atom is -0.493 e. The van der Waals surface area contributed by atoms with Crippen LogP contribution in [0.2, 0.25) is 10.0 Å². The van der Waals surface area contributed by atoms with Crippen molar-refractivity contribution in [3.63, 3.8) is 0 Å². The standard InChI is InChI=1S/C27H22Cl2N2O4S2/c1-16(18-8-4-3-5-9-18)31-26(33)23(37-27(31)36)14-17-12-20(29)25(22(13-17)34-2)35-15-24(32)30-21-11-7-6-10-19(21)28/h3-14,16H,15H2,1-2H3,(H,30,32)/b23-14-/t16-/m0/s1. The van der Waals surface area contributed by atoms with Crippen LogP contribution in [-0.4, -0.2) is 34.8 Å². The van der Waals surface area contributed by atoms with Gasteiger partial charge in [-0.2, -0.15) is 0 Å². The molecule has 1 saturated heterocycles. The number of nitrogens with zero attached hydrogens (tertiary/aromatic N) is 1. The quantitative estimate of drug-likeness (QED) is 0.232. The number of ether oxygens (including phenoxy) is 2. The Kier molecular flexibility index (Phi) is 8.76. The number of amides is 2. The van der Waals surface area contributed by atoms with Gasteiger partial charge >= 0.3 is 0 Å². The first-order valence-corrected chi connectivity index (χ1v) is 13.1. The normalized spacial score (nSPS) is 15.1. The molecule has 37 heavy (non-hydrogen) atoms. The van der Waals surface area contributed by atoms with Gasteiger partial charge in [-0.25, -0.2) is 0 Å². The van der Waals surface area contributed by atoms with Crippen LogP contribution >= 0.6 is 47.2 Å². The number of carbonyl (C=O) groups is 2. The summed E-state index contributed by atoms with van der Waals surface area (Å²) in [4.78, 5) is 27.6. The molecule has 10 heteroatoms. The molecular weight excluding hydrogens is 551 g/mol. The van der Waals surface area contributed by atoms with E-state index < -0.39 is 5.91 Å². The molecule has 1 aliphatic rings. The Balaban J connectivity index is 1.49. The number of benzene rings is 3. The second kappa shape index (κ2) is 12.0. The molecule has 0 aliphatic carbocycles. The highest BCUT2D eigenvalue weighted by atomic mass is 35.5. The fraction of sp³-hybridized carbons (Fsp3) is 0.148. The summed E-state index contributed by atoms with van der Waals surface area (Å²) in [5, 5.41) is 3.33. The Morgan fingerprint density at radius 2 is 1.81 bits per heavy atom. The minimum atomic E-state index is -0.411. The van der Waals surface area contributed by atoms with E-state index in [1.54, 1.807) is 47.4 Å². The summed E-state index contributed by atoms with van der Waals surface area (Å²) < 4.78 is 11.6. The van der Waals surface area contributed by atoms with Gasteiger partial charge in [0.25, 0.3) is 11.8 Å². The molecule has 3 aromatic carbocycles. The van der Waals surface area contributed by atoms with Crippen LogP contribution in [0.5, 0.6) is 11.5 Å². The lowest BCUT2D eigenvalue weighted by molar-refractivity contribution is -0.123. The third kappa shape index (κ3) is 6.27. The van der Waals surface area contributed by atoms with Crippen LogP contribution in [0.25, 0.3) is 6.08 Å². The minimum absolute atomic E-state index is 0.182. The van der Waals surface area contributed by atoms with E-state index in [0.717, 1.165) is 5.56 Å². The SMILES string of the molecule is COc1cc(/C=C2\SC(=S)N([C@@H](C)c3ccccc3)C2=O)cc(Cl)c1OCC(=O)Nc1ccccc1Cl. The first-order valence-electron chi connectivity index (χ1n) is 11.1. The van der Waals surface area contributed by atoms with Crippen molar-refractivity contribution in [2.24, 2.45) is 0 Å². The van der Waals surface area contributed by atoms with Gasteiger partial charge in [0.15, 0.2) is 18.1 Å². The van der Waals surface area contributed by atoms with Crippen molar-refractivity contribution in [3.05, 3.63) is 92.8 Å². The van der Waals surface area contributed by atoms with Gasteiger partial charge < -0.3 is 14.8 Å². The van der Waals surface area contributed by atoms with E-state index in [2.05, 4.69) is 5.32 Å². The van der Waals surface area contributed by atoms with E-state index in [1.165, 1.54) is 18.9 Å². The van der Waals surface area contributed by atoms with E-state index in [4.69, 9.17) is 44.9 Å². The summed E-state index contributed by atoms with van der Waals surface area (Å²) in [6.45, 7) is 1.63. The molecule has 6 nitrogen and oxygen atoms in total. The summed E-state index contributed by atoms with van der Waals surface area (Å²) in [5.41, 5.74) is 2.09. The molecule has 190 valence electrons. The third-order valence-electron chi connectivity index (χ3n) is 5.54. The van der Waals surface area contributed by atoms with Gasteiger partial charge in [0, 0.05) is 0 Å². The predicted molar refractivity (Wildman–Crippen MR) is 153 cm³/mol. The maximum absolute atomic E-state index is 13.2. The first kappa shape index (κ1) is 27.0. The monoisotopic (exact) mass is 572 g/mol. The molecule has 1 fully saturated rings. The molecule has 1 N–H and O–H groups in total. The molecule has 0 aromatic heterocycles. The number of hydrogen-bond donors (Lipinski definition) is 1. The van der Waals surface area contributed by atoms with Gasteiger partial charge in [-0.1, -0.05) is 89.6 Å². The van der Waals surface area contributed by atoms with Gasteiger partial charge in [-0.05, 0) is 48.4 Å². The van der Waals surface area contributed by atoms with Crippen molar-refractivity contribution in [1.82, 2.24) is 4.90 Å². The number of methoxy groups -OCH3 is 1. The zero-order chi connectivity index (χ0) is 26.5. The van der Waals surface area contributed by atoms with Gasteiger partial charge in [0.05, 0.1) is 33.8 Å². The highest BCUT2D eigenvalue weighted by Gasteiger charge is 2.36. The maximum atomic E-state index is 13.2. The average molecular weight is 574 g/mol. The predicted octanol–water partition coefficient (Wildman–Crippen LogP) is 6.98. The molecule has 3 aromatic rings. The molecule has 1 atom stereocenters. The van der Waals surface area contributed by atoms with E-state index in [1.807, 2.05) is 37.3 Å². The third-order valence-corrected chi connectivity index (χ3v) is 7.48. The smallest absolute Gasteiger partial charge is 0.266 e. The topological polar surface area (TPSA) is 67.9 Å². The molecule has 0 saturated carbocycles. The Hall–Kier alpha value is -3.04. The largest absolute Gasteiger partial charge is 0.493 e. The van der Waals surface area contributed by atoms with Gasteiger partial charge in [0.2, 0.25) is 0 Å². The van der Waals surface area contributed by atoms with E-state index >= 15 is 0 Å². The van der Waals surface area contributed by atoms with Crippen molar-refractivity contribution in [1.29, 1.82) is 0 Å². The molecule has 0 bridgehead atoms. The van der Waals surface area contributed by atoms with Gasteiger partial charge in [-0.15, -0.1) is 0 Å². The number of rotatable bonds is 8. The molecule has 2 amide bonds. The Morgan fingerprint density at radius 3 is 2.51 bits per heavy atom. The number of anilines is 1. The van der Waals surface area contributed by atoms with Crippen molar-refractivity contribution in [2.75, 3.05) is 19.0 Å². The van der Waals surface area contributed by atoms with Crippen molar-refractivity contribution >= 4 is 75.1 Å². The average Bonchev–Trinajstić information content (AvgIpc) is 3.16. The Labute approximate surface area is 234 Å². The second-order valence-corrected chi connectivity index (χ2v) is 10.5. The molecular formula is C27H22Cl2N2O4S2. The zero-order valence-electron chi connectivity index (χ0n) is 19.9. The molecule has 0 radical (unpaired) electrons. The van der Waals surface area contributed by atoms with E-state index in [-0.39, 0.29) is 29.3 Å². The number of hydrogen-bond acceptors (Lipinski definition) is 6. The lowest BCUT2D eigenvalue weighted by Gasteiger charge is -2.23. The van der Waals surface area contributed by atoms with Crippen LogP contribution in [0, 0.1) is 0 Å². The molecule has 4 rings (SSSR count). The van der Waals surface area contributed by atoms with E-state index in [9.17, 15) is 9.59 Å². The van der Waals surface area contributed by atoms with Crippen molar-refractivity contribution < 1.29 is 19.1 Å². The van der Waals surface area contributed by atoms with Crippen LogP contribution in [-0.2, 0) is 9.59 Å². The Bertz CT molecular complexity index is 1380. The first-order chi connectivity index (χ1) is 17.8. The lowest BCUT2D eigenvalue weighted by Crippen LogP contribution is -2.30. The fourth-order valence-corrected chi connectivity index (χ4v) is 5.57. The van der Waals surface area contributed by atoms with Crippen LogP contribution in [0.3, 0.4) is 0 Å². The van der Waals surface area contributed by atoms with Crippen molar-refractivity contribution in [2.45, 2.75) is 13.0 Å². The molecule has 0 spiro atoms. The maximum Gasteiger partial charge on any atom is 0.266 e. The lowest BCUT2D eigenvalue weighted by atomic mass is 10.1. The van der Waals surface area contributed by atoms with Crippen molar-refractivity contribution in [3.8, 4) is 11.5 Å². The summed E-state index contributed by atoms with van der Waals surface area (Å²) in [5.74, 6) is -0.0668. The number of thiocarbonyl (C=S) groups is 1. The van der Waals surface area contributed by atoms with Crippen LogP contribution < -0.4 is 14.8 Å². The van der Waals surface area contributed by atoms with Crippen LogP contribution in [0.15, 0.2) is 71.6 Å². The summed E-state index contributed by atoms with van der Waals surface area (Å²) in [7, 11) is 1.47. The molecule has 1 aliphatic heterocycles. The fourth-order valence-electron chi connectivity index (χ4n) is 3.70. The summed E-state index contributed by atoms with van der Waals surface area (Å²) >= 11 is 19.3. The summed E-state index contributed by atoms with van der Waals surface area (Å²) in [6.07, 6.45) is 1.71. The zero-order valence-corrected chi connectivity index (χ0v) is 23.0. The number of halogens is 2. The highest BCUT2D eigenvalue weighted by molar-refractivity contribution is 8.26. The summed E-state index contributed by atoms with van der Waals surface area (Å²) in [6, 6.07) is 19.7. The van der Waals surface area contributed by atoms with Crippen LogP contribution in [0.4, 0.5) is 5.69 Å². The number of carbonyl (C=O) groups excluding carboxylic acids is 2. The molecule has 0 unspecified atom stereocenters. The van der Waals surface area contributed by atoms with E-state index in [0.29, 0.717) is 31.2 Å².